The summed E-state index contributed by atoms with van der Waals surface area (Å²) in [6.45, 7) is 2.05. The fourth-order valence-electron chi connectivity index (χ4n) is 1.18. The first-order chi connectivity index (χ1) is 5.75. The molecule has 0 spiro atoms. The number of hydrogen-bond donors (Lipinski definition) is 1. The Hall–Kier alpha value is -0.690. The van der Waals surface area contributed by atoms with Crippen LogP contribution in [-0.2, 0) is 0 Å². The van der Waals surface area contributed by atoms with Crippen LogP contribution in [-0.4, -0.2) is 6.04 Å². The molecule has 1 N–H and O–H groups in total. The minimum Gasteiger partial charge on any atom is -0.381 e. The third-order valence-corrected chi connectivity index (χ3v) is 2.37. The number of halogens is 1. The molecular formula is C10H12ClN. The molecule has 2 heteroatoms. The van der Waals surface area contributed by atoms with Crippen molar-refractivity contribution >= 4 is 17.3 Å². The third-order valence-electron chi connectivity index (χ3n) is 2.06. The average molecular weight is 182 g/mol. The van der Waals surface area contributed by atoms with Gasteiger partial charge in [-0.1, -0.05) is 17.7 Å². The van der Waals surface area contributed by atoms with Crippen molar-refractivity contribution in [2.24, 2.45) is 0 Å². The van der Waals surface area contributed by atoms with Crippen molar-refractivity contribution in [1.29, 1.82) is 0 Å². The zero-order chi connectivity index (χ0) is 8.55. The van der Waals surface area contributed by atoms with Gasteiger partial charge in [-0.05, 0) is 37.5 Å². The van der Waals surface area contributed by atoms with Crippen molar-refractivity contribution in [2.45, 2.75) is 25.8 Å². The Morgan fingerprint density at radius 1 is 1.42 bits per heavy atom. The largest absolute Gasteiger partial charge is 0.381 e. The summed E-state index contributed by atoms with van der Waals surface area (Å²) in [5, 5.41) is 4.21. The fourth-order valence-corrected chi connectivity index (χ4v) is 1.47. The van der Waals surface area contributed by atoms with Gasteiger partial charge >= 0.3 is 0 Å². The lowest BCUT2D eigenvalue weighted by Gasteiger charge is -2.06. The first kappa shape index (κ1) is 7.93. The summed E-state index contributed by atoms with van der Waals surface area (Å²) in [5.41, 5.74) is 2.28. The van der Waals surface area contributed by atoms with Gasteiger partial charge < -0.3 is 5.32 Å². The molecule has 64 valence electrons. The molecule has 1 nitrogen and oxygen atoms in total. The van der Waals surface area contributed by atoms with Crippen LogP contribution in [0.25, 0.3) is 0 Å². The van der Waals surface area contributed by atoms with Gasteiger partial charge in [0.05, 0.1) is 10.7 Å². The molecule has 1 aromatic carbocycles. The van der Waals surface area contributed by atoms with Crippen LogP contribution >= 0.6 is 11.6 Å². The number of benzene rings is 1. The molecule has 1 saturated carbocycles. The molecule has 0 aromatic heterocycles. The molecule has 0 saturated heterocycles. The van der Waals surface area contributed by atoms with E-state index in [2.05, 4.69) is 17.4 Å². The maximum Gasteiger partial charge on any atom is 0.0640 e. The zero-order valence-corrected chi connectivity index (χ0v) is 7.86. The van der Waals surface area contributed by atoms with E-state index >= 15 is 0 Å². The van der Waals surface area contributed by atoms with Gasteiger partial charge in [0, 0.05) is 6.04 Å². The summed E-state index contributed by atoms with van der Waals surface area (Å²) in [7, 11) is 0. The summed E-state index contributed by atoms with van der Waals surface area (Å²) in [5.74, 6) is 0. The van der Waals surface area contributed by atoms with Crippen LogP contribution in [0.1, 0.15) is 18.4 Å². The number of anilines is 1. The summed E-state index contributed by atoms with van der Waals surface area (Å²) in [6.07, 6.45) is 2.56. The van der Waals surface area contributed by atoms with Gasteiger partial charge in [-0.3, -0.25) is 0 Å². The molecule has 1 fully saturated rings. The molecule has 0 unspecified atom stereocenters. The van der Waals surface area contributed by atoms with Crippen LogP contribution in [0, 0.1) is 6.92 Å². The van der Waals surface area contributed by atoms with E-state index in [-0.39, 0.29) is 0 Å². The lowest BCUT2D eigenvalue weighted by molar-refractivity contribution is 1.15. The summed E-state index contributed by atoms with van der Waals surface area (Å²) in [4.78, 5) is 0. The minimum atomic E-state index is 0.671. The summed E-state index contributed by atoms with van der Waals surface area (Å²) in [6, 6.07) is 6.80. The standard InChI is InChI=1S/C10H12ClN/c1-7-2-5-10(9(11)6-7)12-8-3-4-8/h2,5-6,8,12H,3-4H2,1H3. The highest BCUT2D eigenvalue weighted by Crippen LogP contribution is 2.29. The Morgan fingerprint density at radius 2 is 2.17 bits per heavy atom. The smallest absolute Gasteiger partial charge is 0.0640 e. The molecule has 12 heavy (non-hydrogen) atoms. The van der Waals surface area contributed by atoms with Gasteiger partial charge in [-0.15, -0.1) is 0 Å². The Labute approximate surface area is 77.7 Å². The van der Waals surface area contributed by atoms with E-state index in [0.29, 0.717) is 6.04 Å². The predicted octanol–water partition coefficient (Wildman–Crippen LogP) is 3.22. The quantitative estimate of drug-likeness (QED) is 0.739. The van der Waals surface area contributed by atoms with Crippen LogP contribution < -0.4 is 5.32 Å². The van der Waals surface area contributed by atoms with Crippen LogP contribution in [0.3, 0.4) is 0 Å². The SMILES string of the molecule is Cc1ccc(NC2CC2)c(Cl)c1. The Morgan fingerprint density at radius 3 is 2.75 bits per heavy atom. The van der Waals surface area contributed by atoms with Gasteiger partial charge in [-0.2, -0.15) is 0 Å². The Balaban J connectivity index is 2.18. The van der Waals surface area contributed by atoms with Crippen molar-refractivity contribution in [3.63, 3.8) is 0 Å². The monoisotopic (exact) mass is 181 g/mol. The zero-order valence-electron chi connectivity index (χ0n) is 7.10. The maximum absolute atomic E-state index is 6.04. The predicted molar refractivity (Wildman–Crippen MR) is 52.8 cm³/mol. The second-order valence-corrected chi connectivity index (χ2v) is 3.81. The van der Waals surface area contributed by atoms with Gasteiger partial charge in [0.1, 0.15) is 0 Å². The molecule has 2 rings (SSSR count). The first-order valence-electron chi connectivity index (χ1n) is 4.28. The molecule has 1 aromatic rings. The normalized spacial score (nSPS) is 16.2. The Bertz CT molecular complexity index is 292. The second kappa shape index (κ2) is 2.98. The number of hydrogen-bond acceptors (Lipinski definition) is 1. The van der Waals surface area contributed by atoms with E-state index in [4.69, 9.17) is 11.6 Å². The van der Waals surface area contributed by atoms with E-state index < -0.39 is 0 Å². The van der Waals surface area contributed by atoms with Gasteiger partial charge in [0.15, 0.2) is 0 Å². The molecule has 0 heterocycles. The summed E-state index contributed by atoms with van der Waals surface area (Å²) < 4.78 is 0. The molecular weight excluding hydrogens is 170 g/mol. The molecule has 0 bridgehead atoms. The van der Waals surface area contributed by atoms with E-state index in [1.807, 2.05) is 13.0 Å². The number of rotatable bonds is 2. The van der Waals surface area contributed by atoms with E-state index in [1.165, 1.54) is 18.4 Å². The molecule has 0 atom stereocenters. The van der Waals surface area contributed by atoms with Crippen molar-refractivity contribution in [3.8, 4) is 0 Å². The molecule has 0 radical (unpaired) electrons. The Kier molecular flexibility index (Phi) is 1.97. The number of nitrogens with one attached hydrogen (secondary N) is 1. The van der Waals surface area contributed by atoms with Gasteiger partial charge in [0.2, 0.25) is 0 Å². The highest BCUT2D eigenvalue weighted by atomic mass is 35.5. The first-order valence-corrected chi connectivity index (χ1v) is 4.66. The maximum atomic E-state index is 6.04. The highest BCUT2D eigenvalue weighted by molar-refractivity contribution is 6.33. The average Bonchev–Trinajstić information content (AvgIpc) is 2.79. The van der Waals surface area contributed by atoms with Crippen molar-refractivity contribution in [1.82, 2.24) is 0 Å². The van der Waals surface area contributed by atoms with Crippen LogP contribution in [0.5, 0.6) is 0 Å². The third kappa shape index (κ3) is 1.72. The van der Waals surface area contributed by atoms with Crippen LogP contribution in [0.4, 0.5) is 5.69 Å². The van der Waals surface area contributed by atoms with Gasteiger partial charge in [0.25, 0.3) is 0 Å². The molecule has 0 amide bonds. The van der Waals surface area contributed by atoms with Gasteiger partial charge in [-0.25, -0.2) is 0 Å². The van der Waals surface area contributed by atoms with Crippen LogP contribution in [0.15, 0.2) is 18.2 Å². The van der Waals surface area contributed by atoms with E-state index in [0.717, 1.165) is 10.7 Å². The minimum absolute atomic E-state index is 0.671. The van der Waals surface area contributed by atoms with Crippen molar-refractivity contribution in [3.05, 3.63) is 28.8 Å². The summed E-state index contributed by atoms with van der Waals surface area (Å²) >= 11 is 6.04. The second-order valence-electron chi connectivity index (χ2n) is 3.40. The molecule has 0 aliphatic heterocycles. The van der Waals surface area contributed by atoms with Crippen molar-refractivity contribution in [2.75, 3.05) is 5.32 Å². The highest BCUT2D eigenvalue weighted by Gasteiger charge is 2.21. The lowest BCUT2D eigenvalue weighted by Crippen LogP contribution is -2.00. The molecule has 1 aliphatic carbocycles. The van der Waals surface area contributed by atoms with Crippen LogP contribution in [0.2, 0.25) is 5.02 Å². The number of aryl methyl sites for hydroxylation is 1. The van der Waals surface area contributed by atoms with E-state index in [9.17, 15) is 0 Å². The van der Waals surface area contributed by atoms with Crippen molar-refractivity contribution < 1.29 is 0 Å². The lowest BCUT2D eigenvalue weighted by atomic mass is 10.2. The topological polar surface area (TPSA) is 12.0 Å². The molecule has 1 aliphatic rings. The fraction of sp³-hybridized carbons (Fsp3) is 0.400. The van der Waals surface area contributed by atoms with E-state index in [1.54, 1.807) is 0 Å².